The molecule has 0 saturated carbocycles. The third-order valence-corrected chi connectivity index (χ3v) is 12.4. The van der Waals surface area contributed by atoms with Gasteiger partial charge in [0.05, 0.1) is 6.10 Å². The lowest BCUT2D eigenvalue weighted by Gasteiger charge is -2.45. The molecule has 186 valence electrons. The summed E-state index contributed by atoms with van der Waals surface area (Å²) in [7, 11) is -2.81. The molecule has 3 aliphatic rings. The van der Waals surface area contributed by atoms with Gasteiger partial charge in [0.1, 0.15) is 18.3 Å². The molecule has 5 rings (SSSR count). The van der Waals surface area contributed by atoms with E-state index in [4.69, 9.17) is 13.9 Å². The quantitative estimate of drug-likeness (QED) is 0.620. The molecule has 4 unspecified atom stereocenters. The van der Waals surface area contributed by atoms with Crippen molar-refractivity contribution in [3.8, 4) is 0 Å². The predicted octanol–water partition coefficient (Wildman–Crippen LogP) is 2.06. The van der Waals surface area contributed by atoms with E-state index in [0.717, 1.165) is 0 Å². The molecule has 0 radical (unpaired) electrons. The van der Waals surface area contributed by atoms with Crippen LogP contribution in [0.1, 0.15) is 34.6 Å². The zero-order chi connectivity index (χ0) is 25.0. The normalized spacial score (nSPS) is 29.3. The summed E-state index contributed by atoms with van der Waals surface area (Å²) >= 11 is 0. The zero-order valence-corrected chi connectivity index (χ0v) is 21.8. The highest BCUT2D eigenvalue weighted by Gasteiger charge is 2.59. The van der Waals surface area contributed by atoms with Crippen molar-refractivity contribution in [2.45, 2.75) is 76.7 Å². The molecule has 1 amide bonds. The van der Waals surface area contributed by atoms with Crippen molar-refractivity contribution in [2.75, 3.05) is 0 Å². The van der Waals surface area contributed by atoms with Gasteiger partial charge >= 0.3 is 0 Å². The van der Waals surface area contributed by atoms with Crippen LogP contribution in [0.4, 0.5) is 0 Å². The Morgan fingerprint density at radius 1 is 1.03 bits per heavy atom. The Bertz CT molecular complexity index is 1060. The van der Waals surface area contributed by atoms with Crippen molar-refractivity contribution >= 4 is 24.6 Å². The number of carbonyl (C=O) groups is 1. The van der Waals surface area contributed by atoms with E-state index >= 15 is 0 Å². The Kier molecular flexibility index (Phi) is 6.13. The first kappa shape index (κ1) is 24.2. The Labute approximate surface area is 207 Å². The number of amides is 1. The largest absolute Gasteiger partial charge is 0.402 e. The van der Waals surface area contributed by atoms with Crippen LogP contribution in [-0.4, -0.2) is 61.2 Å². The summed E-state index contributed by atoms with van der Waals surface area (Å²) < 4.78 is 19.6. The van der Waals surface area contributed by atoms with Gasteiger partial charge in [0, 0.05) is 11.8 Å². The van der Waals surface area contributed by atoms with Crippen LogP contribution >= 0.6 is 0 Å². The maximum atomic E-state index is 12.0. The summed E-state index contributed by atoms with van der Waals surface area (Å²) in [5, 5.41) is 16.2. The fourth-order valence-corrected chi connectivity index (χ4v) is 10.3. The molecule has 2 aromatic carbocycles. The number of nitrogens with one attached hydrogen (secondary N) is 1. The topological polar surface area (TPSA) is 80.3 Å². The van der Waals surface area contributed by atoms with Gasteiger partial charge in [-0.15, -0.1) is 0 Å². The van der Waals surface area contributed by atoms with Crippen LogP contribution in [0.3, 0.4) is 0 Å². The van der Waals surface area contributed by atoms with E-state index < -0.39 is 45.3 Å². The van der Waals surface area contributed by atoms with Crippen molar-refractivity contribution in [1.29, 1.82) is 0 Å². The van der Waals surface area contributed by atoms with E-state index in [2.05, 4.69) is 74.6 Å². The van der Waals surface area contributed by atoms with Crippen molar-refractivity contribution in [1.82, 2.24) is 10.2 Å². The summed E-state index contributed by atoms with van der Waals surface area (Å²) in [6.45, 7) is 10.4. The minimum absolute atomic E-state index is 0.180. The second-order valence-corrected chi connectivity index (χ2v) is 14.9. The van der Waals surface area contributed by atoms with Crippen LogP contribution in [0.5, 0.6) is 0 Å². The molecule has 2 saturated heterocycles. The number of benzene rings is 2. The van der Waals surface area contributed by atoms with Gasteiger partial charge < -0.3 is 29.2 Å². The van der Waals surface area contributed by atoms with Crippen LogP contribution in [-0.2, 0) is 18.7 Å². The fourth-order valence-electron chi connectivity index (χ4n) is 5.60. The van der Waals surface area contributed by atoms with E-state index in [-0.39, 0.29) is 10.9 Å². The van der Waals surface area contributed by atoms with Gasteiger partial charge in [0.25, 0.3) is 14.2 Å². The zero-order valence-electron chi connectivity index (χ0n) is 20.8. The monoisotopic (exact) mass is 494 g/mol. The Morgan fingerprint density at radius 2 is 1.60 bits per heavy atom. The molecule has 6 atom stereocenters. The molecule has 0 bridgehead atoms. The van der Waals surface area contributed by atoms with Crippen LogP contribution in [0.15, 0.2) is 72.4 Å². The predicted molar refractivity (Wildman–Crippen MR) is 135 cm³/mol. The Morgan fingerprint density at radius 3 is 2.14 bits per heavy atom. The molecule has 2 fully saturated rings. The second-order valence-electron chi connectivity index (χ2n) is 10.7. The van der Waals surface area contributed by atoms with Crippen LogP contribution in [0.2, 0.25) is 5.04 Å². The molecule has 0 aromatic heterocycles. The molecule has 3 aliphatic heterocycles. The molecular formula is C27H34N2O5Si. The van der Waals surface area contributed by atoms with Crippen molar-refractivity contribution in [3.05, 3.63) is 72.4 Å². The average Bonchev–Trinajstić information content (AvgIpc) is 3.34. The van der Waals surface area contributed by atoms with E-state index in [1.54, 1.807) is 13.1 Å². The maximum Gasteiger partial charge on any atom is 0.261 e. The summed E-state index contributed by atoms with van der Waals surface area (Å²) in [6.07, 6.45) is -1.86. The highest BCUT2D eigenvalue weighted by Crippen LogP contribution is 2.41. The summed E-state index contributed by atoms with van der Waals surface area (Å²) in [4.78, 5) is 13.9. The third-order valence-electron chi connectivity index (χ3n) is 7.30. The summed E-state index contributed by atoms with van der Waals surface area (Å²) in [6, 6.07) is 20.8. The molecule has 35 heavy (non-hydrogen) atoms. The molecule has 2 N–H and O–H groups in total. The van der Waals surface area contributed by atoms with Gasteiger partial charge in [0.2, 0.25) is 6.35 Å². The number of carbonyl (C=O) groups excluding carboxylic acids is 1. The second kappa shape index (κ2) is 8.87. The lowest BCUT2D eigenvalue weighted by Crippen LogP contribution is -2.68. The third kappa shape index (κ3) is 3.93. The van der Waals surface area contributed by atoms with Gasteiger partial charge in [0.15, 0.2) is 6.23 Å². The molecule has 3 heterocycles. The van der Waals surface area contributed by atoms with Gasteiger partial charge in [-0.2, -0.15) is 0 Å². The minimum Gasteiger partial charge on any atom is -0.402 e. The van der Waals surface area contributed by atoms with Crippen LogP contribution in [0, 0.1) is 0 Å². The molecule has 2 aromatic rings. The number of hydrogen-bond acceptors (Lipinski definition) is 6. The lowest BCUT2D eigenvalue weighted by molar-refractivity contribution is -0.138. The average molecular weight is 495 g/mol. The van der Waals surface area contributed by atoms with E-state index in [9.17, 15) is 9.90 Å². The summed E-state index contributed by atoms with van der Waals surface area (Å²) in [5.74, 6) is -0.180. The number of nitrogens with zero attached hydrogens (tertiary/aromatic N) is 1. The maximum absolute atomic E-state index is 12.0. The number of hydrogen-bond donors (Lipinski definition) is 2. The van der Waals surface area contributed by atoms with E-state index in [1.807, 2.05) is 24.0 Å². The van der Waals surface area contributed by atoms with Crippen molar-refractivity contribution in [2.24, 2.45) is 0 Å². The highest BCUT2D eigenvalue weighted by atomic mass is 28.4. The van der Waals surface area contributed by atoms with Crippen LogP contribution < -0.4 is 15.7 Å². The fraction of sp³-hybridized carbons (Fsp3) is 0.444. The molecule has 8 heteroatoms. The number of rotatable bonds is 5. The Hall–Kier alpha value is -2.49. The number of aliphatic hydroxyl groups is 1. The standard InChI is InChI=1S/C27H34N2O5Si/c1-17-16-29-25-23(33-26(29)28-24(17)31)21(30)22(32-25)18(2)34-35(27(3,4)5,19-12-8-6-9-13-19)20-14-10-7-11-15-20/h6-16,18,21-23,25-26,30H,1-5H3,(H,28,31)/t18?,21?,22-,23?,25-,26?/m1/s1. The van der Waals surface area contributed by atoms with Crippen molar-refractivity contribution < 1.29 is 23.8 Å². The van der Waals surface area contributed by atoms with Crippen LogP contribution in [0.25, 0.3) is 0 Å². The first-order chi connectivity index (χ1) is 16.6. The lowest BCUT2D eigenvalue weighted by atomic mass is 10.1. The first-order valence-corrected chi connectivity index (χ1v) is 14.1. The number of aliphatic hydroxyl groups excluding tert-OH is 1. The summed E-state index contributed by atoms with van der Waals surface area (Å²) in [5.41, 5.74) is 0.573. The van der Waals surface area contributed by atoms with E-state index in [1.165, 1.54) is 10.4 Å². The van der Waals surface area contributed by atoms with E-state index in [0.29, 0.717) is 5.57 Å². The first-order valence-electron chi connectivity index (χ1n) is 12.2. The van der Waals surface area contributed by atoms with Gasteiger partial charge in [-0.25, -0.2) is 0 Å². The van der Waals surface area contributed by atoms with Crippen molar-refractivity contribution in [3.63, 3.8) is 0 Å². The highest BCUT2D eigenvalue weighted by molar-refractivity contribution is 6.99. The molecule has 0 spiro atoms. The van der Waals surface area contributed by atoms with Gasteiger partial charge in [-0.05, 0) is 29.3 Å². The Balaban J connectivity index is 1.48. The molecule has 0 aliphatic carbocycles. The molecular weight excluding hydrogens is 460 g/mol. The molecule has 7 nitrogen and oxygen atoms in total. The smallest absolute Gasteiger partial charge is 0.261 e. The minimum atomic E-state index is -2.81. The SMILES string of the molecule is CC1=CN2C(NC1=O)OC1C(O)[C@@H](C(C)O[Si](c3ccccc3)(c3ccccc3)C(C)(C)C)O[C@H]12. The number of ether oxygens (including phenoxy) is 2. The van der Waals surface area contributed by atoms with Gasteiger partial charge in [-0.3, -0.25) is 4.79 Å². The number of fused-ring (bicyclic) bond motifs is 3. The van der Waals surface area contributed by atoms with Gasteiger partial charge in [-0.1, -0.05) is 81.4 Å².